The first-order chi connectivity index (χ1) is 9.08. The van der Waals surface area contributed by atoms with Crippen LogP contribution in [0.4, 0.5) is 0 Å². The van der Waals surface area contributed by atoms with E-state index < -0.39 is 0 Å². The van der Waals surface area contributed by atoms with E-state index in [9.17, 15) is 4.79 Å². The SMILES string of the molecule is Cc1cccc(C(=O)N(C)Cc2ccccc2Cl)n1. The number of carbonyl (C=O) groups excluding carboxylic acids is 1. The zero-order valence-corrected chi connectivity index (χ0v) is 11.7. The minimum atomic E-state index is -0.108. The van der Waals surface area contributed by atoms with Gasteiger partial charge in [0.25, 0.3) is 5.91 Å². The molecule has 0 unspecified atom stereocenters. The molecule has 19 heavy (non-hydrogen) atoms. The van der Waals surface area contributed by atoms with Gasteiger partial charge in [0.2, 0.25) is 0 Å². The van der Waals surface area contributed by atoms with E-state index >= 15 is 0 Å². The highest BCUT2D eigenvalue weighted by Crippen LogP contribution is 2.17. The van der Waals surface area contributed by atoms with Gasteiger partial charge in [0.1, 0.15) is 5.69 Å². The highest BCUT2D eigenvalue weighted by atomic mass is 35.5. The monoisotopic (exact) mass is 274 g/mol. The van der Waals surface area contributed by atoms with Crippen molar-refractivity contribution in [3.05, 3.63) is 64.4 Å². The Hall–Kier alpha value is -1.87. The largest absolute Gasteiger partial charge is 0.336 e. The lowest BCUT2D eigenvalue weighted by atomic mass is 10.2. The van der Waals surface area contributed by atoms with Crippen LogP contribution in [0.2, 0.25) is 5.02 Å². The van der Waals surface area contributed by atoms with Gasteiger partial charge in [-0.05, 0) is 30.7 Å². The molecule has 2 aromatic rings. The maximum absolute atomic E-state index is 12.2. The number of amides is 1. The minimum absolute atomic E-state index is 0.108. The van der Waals surface area contributed by atoms with E-state index in [0.717, 1.165) is 11.3 Å². The Kier molecular flexibility index (Phi) is 4.17. The molecule has 0 bridgehead atoms. The molecule has 2 rings (SSSR count). The molecule has 0 N–H and O–H groups in total. The number of hydrogen-bond donors (Lipinski definition) is 0. The van der Waals surface area contributed by atoms with Crippen LogP contribution in [0.25, 0.3) is 0 Å². The molecule has 1 aromatic heterocycles. The number of halogens is 1. The molecule has 4 heteroatoms. The highest BCUT2D eigenvalue weighted by Gasteiger charge is 2.14. The minimum Gasteiger partial charge on any atom is -0.336 e. The molecule has 0 saturated heterocycles. The Morgan fingerprint density at radius 2 is 1.95 bits per heavy atom. The van der Waals surface area contributed by atoms with Crippen molar-refractivity contribution in [2.45, 2.75) is 13.5 Å². The summed E-state index contributed by atoms with van der Waals surface area (Å²) in [5, 5.41) is 0.666. The fourth-order valence-electron chi connectivity index (χ4n) is 1.81. The number of hydrogen-bond acceptors (Lipinski definition) is 2. The van der Waals surface area contributed by atoms with Crippen molar-refractivity contribution in [3.8, 4) is 0 Å². The number of nitrogens with zero attached hydrogens (tertiary/aromatic N) is 2. The van der Waals surface area contributed by atoms with Crippen LogP contribution in [0.5, 0.6) is 0 Å². The Balaban J connectivity index is 2.14. The second kappa shape index (κ2) is 5.85. The van der Waals surface area contributed by atoms with E-state index in [-0.39, 0.29) is 5.91 Å². The first-order valence-corrected chi connectivity index (χ1v) is 6.38. The first kappa shape index (κ1) is 13.6. The lowest BCUT2D eigenvalue weighted by Gasteiger charge is -2.17. The van der Waals surface area contributed by atoms with Gasteiger partial charge >= 0.3 is 0 Å². The predicted octanol–water partition coefficient (Wildman–Crippen LogP) is 3.32. The second-order valence-electron chi connectivity index (χ2n) is 4.42. The molecular weight excluding hydrogens is 260 g/mol. The van der Waals surface area contributed by atoms with Crippen LogP contribution in [0, 0.1) is 6.92 Å². The number of rotatable bonds is 3. The standard InChI is InChI=1S/C15H15ClN2O/c1-11-6-5-9-14(17-11)15(19)18(2)10-12-7-3-4-8-13(12)16/h3-9H,10H2,1-2H3. The Morgan fingerprint density at radius 1 is 1.21 bits per heavy atom. The van der Waals surface area contributed by atoms with Gasteiger partial charge in [-0.2, -0.15) is 0 Å². The van der Waals surface area contributed by atoms with Crippen LogP contribution in [0.15, 0.2) is 42.5 Å². The van der Waals surface area contributed by atoms with Gasteiger partial charge in [-0.1, -0.05) is 35.9 Å². The smallest absolute Gasteiger partial charge is 0.272 e. The molecule has 1 amide bonds. The number of aryl methyl sites for hydroxylation is 1. The summed E-state index contributed by atoms with van der Waals surface area (Å²) in [5.41, 5.74) is 2.21. The van der Waals surface area contributed by atoms with Crippen molar-refractivity contribution in [1.29, 1.82) is 0 Å². The van der Waals surface area contributed by atoms with Crippen molar-refractivity contribution in [1.82, 2.24) is 9.88 Å². The number of pyridine rings is 1. The van der Waals surface area contributed by atoms with E-state index in [4.69, 9.17) is 11.6 Å². The van der Waals surface area contributed by atoms with Crippen LogP contribution in [0.1, 0.15) is 21.7 Å². The van der Waals surface area contributed by atoms with Crippen molar-refractivity contribution in [3.63, 3.8) is 0 Å². The molecule has 0 atom stereocenters. The quantitative estimate of drug-likeness (QED) is 0.860. The van der Waals surface area contributed by atoms with Gasteiger partial charge in [0, 0.05) is 24.3 Å². The number of aromatic nitrogens is 1. The summed E-state index contributed by atoms with van der Waals surface area (Å²) in [6.45, 7) is 2.33. The van der Waals surface area contributed by atoms with Crippen LogP contribution in [-0.4, -0.2) is 22.8 Å². The summed E-state index contributed by atoms with van der Waals surface area (Å²) in [5.74, 6) is -0.108. The average Bonchev–Trinajstić information content (AvgIpc) is 2.40. The molecule has 0 radical (unpaired) electrons. The topological polar surface area (TPSA) is 33.2 Å². The Morgan fingerprint density at radius 3 is 2.63 bits per heavy atom. The normalized spacial score (nSPS) is 10.3. The maximum atomic E-state index is 12.2. The van der Waals surface area contributed by atoms with Crippen molar-refractivity contribution in [2.24, 2.45) is 0 Å². The molecule has 3 nitrogen and oxygen atoms in total. The summed E-state index contributed by atoms with van der Waals surface area (Å²) in [6, 6.07) is 12.9. The lowest BCUT2D eigenvalue weighted by molar-refractivity contribution is 0.0779. The van der Waals surface area contributed by atoms with Gasteiger partial charge < -0.3 is 4.90 Å². The summed E-state index contributed by atoms with van der Waals surface area (Å²) < 4.78 is 0. The molecular formula is C15H15ClN2O. The summed E-state index contributed by atoms with van der Waals surface area (Å²) >= 11 is 6.09. The fourth-order valence-corrected chi connectivity index (χ4v) is 2.01. The van der Waals surface area contributed by atoms with E-state index in [2.05, 4.69) is 4.98 Å². The molecule has 1 aromatic carbocycles. The van der Waals surface area contributed by atoms with Crippen LogP contribution in [-0.2, 0) is 6.54 Å². The molecule has 98 valence electrons. The highest BCUT2D eigenvalue weighted by molar-refractivity contribution is 6.31. The predicted molar refractivity (Wildman–Crippen MR) is 76.2 cm³/mol. The zero-order chi connectivity index (χ0) is 13.8. The Bertz CT molecular complexity index is 598. The lowest BCUT2D eigenvalue weighted by Crippen LogP contribution is -2.27. The summed E-state index contributed by atoms with van der Waals surface area (Å²) in [4.78, 5) is 18.1. The maximum Gasteiger partial charge on any atom is 0.272 e. The van der Waals surface area contributed by atoms with Gasteiger partial charge in [-0.25, -0.2) is 4.98 Å². The second-order valence-corrected chi connectivity index (χ2v) is 4.82. The zero-order valence-electron chi connectivity index (χ0n) is 10.9. The van der Waals surface area contributed by atoms with Crippen molar-refractivity contribution in [2.75, 3.05) is 7.05 Å². The van der Waals surface area contributed by atoms with Gasteiger partial charge in [-0.3, -0.25) is 4.79 Å². The molecule has 1 heterocycles. The van der Waals surface area contributed by atoms with Gasteiger partial charge in [-0.15, -0.1) is 0 Å². The van der Waals surface area contributed by atoms with Crippen LogP contribution in [0.3, 0.4) is 0 Å². The number of benzene rings is 1. The van der Waals surface area contributed by atoms with E-state index in [1.165, 1.54) is 0 Å². The van der Waals surface area contributed by atoms with Gasteiger partial charge in [0.15, 0.2) is 0 Å². The van der Waals surface area contributed by atoms with Crippen LogP contribution < -0.4 is 0 Å². The van der Waals surface area contributed by atoms with E-state index in [1.807, 2.05) is 43.3 Å². The summed E-state index contributed by atoms with van der Waals surface area (Å²) in [7, 11) is 1.75. The molecule has 0 spiro atoms. The molecule has 0 aliphatic rings. The first-order valence-electron chi connectivity index (χ1n) is 6.00. The molecule has 0 saturated carbocycles. The fraction of sp³-hybridized carbons (Fsp3) is 0.200. The van der Waals surface area contributed by atoms with E-state index in [1.54, 1.807) is 18.0 Å². The Labute approximate surface area is 117 Å². The molecule has 0 fully saturated rings. The number of carbonyl (C=O) groups is 1. The van der Waals surface area contributed by atoms with Gasteiger partial charge in [0.05, 0.1) is 0 Å². The van der Waals surface area contributed by atoms with Crippen molar-refractivity contribution < 1.29 is 4.79 Å². The van der Waals surface area contributed by atoms with Crippen LogP contribution >= 0.6 is 11.6 Å². The van der Waals surface area contributed by atoms with Crippen molar-refractivity contribution >= 4 is 17.5 Å². The van der Waals surface area contributed by atoms with E-state index in [0.29, 0.717) is 17.3 Å². The molecule has 0 aliphatic heterocycles. The third-order valence-corrected chi connectivity index (χ3v) is 3.19. The summed E-state index contributed by atoms with van der Waals surface area (Å²) in [6.07, 6.45) is 0. The molecule has 0 aliphatic carbocycles. The average molecular weight is 275 g/mol. The third kappa shape index (κ3) is 3.32. The third-order valence-electron chi connectivity index (χ3n) is 2.82.